The van der Waals surface area contributed by atoms with Gasteiger partial charge in [0.15, 0.2) is 0 Å². The van der Waals surface area contributed by atoms with Gasteiger partial charge in [-0.15, -0.1) is 11.3 Å². The highest BCUT2D eigenvalue weighted by Crippen LogP contribution is 2.29. The Labute approximate surface area is 308 Å². The van der Waals surface area contributed by atoms with E-state index < -0.39 is 41.4 Å². The van der Waals surface area contributed by atoms with Gasteiger partial charge in [-0.3, -0.25) is 19.3 Å². The van der Waals surface area contributed by atoms with Crippen LogP contribution >= 0.6 is 11.3 Å². The van der Waals surface area contributed by atoms with E-state index in [0.717, 1.165) is 53.7 Å². The Bertz CT molecular complexity index is 1700. The lowest BCUT2D eigenvalue weighted by molar-refractivity contribution is -0.144. The molecule has 0 radical (unpaired) electrons. The second-order valence-electron chi connectivity index (χ2n) is 14.5. The smallest absolute Gasteiger partial charge is 0.337 e. The second-order valence-corrected chi connectivity index (χ2v) is 15.3. The van der Waals surface area contributed by atoms with E-state index in [2.05, 4.69) is 30.4 Å². The second kappa shape index (κ2) is 16.9. The minimum absolute atomic E-state index is 0.00980. The third-order valence-electron chi connectivity index (χ3n) is 9.54. The molecule has 3 aromatic rings. The van der Waals surface area contributed by atoms with Gasteiger partial charge < -0.3 is 35.4 Å². The summed E-state index contributed by atoms with van der Waals surface area (Å²) in [6.07, 6.45) is 0.592. The molecule has 2 aliphatic heterocycles. The van der Waals surface area contributed by atoms with Crippen LogP contribution in [-0.2, 0) is 19.1 Å². The molecule has 0 spiro atoms. The zero-order chi connectivity index (χ0) is 37.6. The Morgan fingerprint density at radius 3 is 2.33 bits per heavy atom. The maximum atomic E-state index is 14.0. The number of amides is 3. The van der Waals surface area contributed by atoms with Crippen molar-refractivity contribution in [1.29, 1.82) is 0 Å². The minimum Gasteiger partial charge on any atom is -0.478 e. The van der Waals surface area contributed by atoms with Gasteiger partial charge >= 0.3 is 5.97 Å². The van der Waals surface area contributed by atoms with Crippen LogP contribution in [0.5, 0.6) is 0 Å². The van der Waals surface area contributed by atoms with E-state index in [1.54, 1.807) is 23.5 Å². The molecule has 4 atom stereocenters. The molecule has 2 aromatic heterocycles. The van der Waals surface area contributed by atoms with Gasteiger partial charge in [0, 0.05) is 51.9 Å². The quantitative estimate of drug-likeness (QED) is 0.190. The number of thiazole rings is 1. The highest BCUT2D eigenvalue weighted by atomic mass is 32.1. The van der Waals surface area contributed by atoms with Gasteiger partial charge in [-0.1, -0.05) is 45.0 Å². The highest BCUT2D eigenvalue weighted by Gasteiger charge is 2.44. The van der Waals surface area contributed by atoms with Crippen molar-refractivity contribution in [2.24, 2.45) is 5.41 Å². The fourth-order valence-corrected chi connectivity index (χ4v) is 7.29. The number of pyridine rings is 1. The van der Waals surface area contributed by atoms with Crippen LogP contribution in [0.4, 0.5) is 5.82 Å². The van der Waals surface area contributed by atoms with E-state index in [9.17, 15) is 24.3 Å². The Hall–Kier alpha value is -4.44. The molecular formula is C37H49N7O7S. The first-order valence-electron chi connectivity index (χ1n) is 17.5. The fourth-order valence-electron chi connectivity index (χ4n) is 6.48. The summed E-state index contributed by atoms with van der Waals surface area (Å²) in [5.74, 6) is -1.52. The number of hydrogen-bond donors (Lipinski definition) is 4. The first-order valence-corrected chi connectivity index (χ1v) is 18.4. The van der Waals surface area contributed by atoms with E-state index in [1.807, 2.05) is 64.4 Å². The molecule has 0 aliphatic carbocycles. The lowest BCUT2D eigenvalue weighted by atomic mass is 9.85. The summed E-state index contributed by atoms with van der Waals surface area (Å²) >= 11 is 1.57. The molecule has 0 bridgehead atoms. The number of β-amino-alcohol motifs (C(OH)–C–C–N with tert-alkyl or cyclic N) is 1. The van der Waals surface area contributed by atoms with E-state index in [0.29, 0.717) is 13.2 Å². The van der Waals surface area contributed by atoms with Gasteiger partial charge in [-0.25, -0.2) is 14.8 Å². The number of aromatic carboxylic acids is 1. The van der Waals surface area contributed by atoms with Crippen molar-refractivity contribution in [2.45, 2.75) is 65.3 Å². The average molecular weight is 736 g/mol. The molecule has 280 valence electrons. The average Bonchev–Trinajstić information content (AvgIpc) is 3.73. The van der Waals surface area contributed by atoms with Gasteiger partial charge in [0.2, 0.25) is 17.7 Å². The third-order valence-corrected chi connectivity index (χ3v) is 10.5. The molecule has 2 saturated heterocycles. The number of nitrogens with one attached hydrogen (secondary N) is 2. The van der Waals surface area contributed by atoms with Crippen LogP contribution in [0.2, 0.25) is 0 Å². The summed E-state index contributed by atoms with van der Waals surface area (Å²) in [5, 5.41) is 25.5. The summed E-state index contributed by atoms with van der Waals surface area (Å²) in [5.41, 5.74) is 4.19. The number of carboxylic acid groups (broad SMARTS) is 1. The van der Waals surface area contributed by atoms with Crippen molar-refractivity contribution in [3.63, 3.8) is 0 Å². The lowest BCUT2D eigenvalue weighted by Crippen LogP contribution is -2.58. The van der Waals surface area contributed by atoms with Crippen molar-refractivity contribution < 1.29 is 34.1 Å². The van der Waals surface area contributed by atoms with Crippen molar-refractivity contribution >= 4 is 40.8 Å². The monoisotopic (exact) mass is 735 g/mol. The molecule has 5 rings (SSSR count). The van der Waals surface area contributed by atoms with E-state index in [1.165, 1.54) is 11.1 Å². The van der Waals surface area contributed by atoms with Gasteiger partial charge in [0.25, 0.3) is 0 Å². The predicted octanol–water partition coefficient (Wildman–Crippen LogP) is 2.72. The van der Waals surface area contributed by atoms with E-state index in [-0.39, 0.29) is 37.1 Å². The molecular weight excluding hydrogens is 687 g/mol. The summed E-state index contributed by atoms with van der Waals surface area (Å²) in [6, 6.07) is 9.01. The number of aliphatic hydroxyl groups is 1. The van der Waals surface area contributed by atoms with Gasteiger partial charge in [0.05, 0.1) is 40.4 Å². The molecule has 4 N–H and O–H groups in total. The number of aryl methyl sites for hydroxylation is 1. The first-order chi connectivity index (χ1) is 24.7. The molecule has 4 heterocycles. The molecule has 15 heteroatoms. The number of ether oxygens (including phenoxy) is 1. The van der Waals surface area contributed by atoms with Crippen molar-refractivity contribution in [2.75, 3.05) is 57.4 Å². The lowest BCUT2D eigenvalue weighted by Gasteiger charge is -2.36. The number of aromatic nitrogens is 2. The molecule has 3 amide bonds. The van der Waals surface area contributed by atoms with Gasteiger partial charge in [-0.05, 0) is 42.5 Å². The number of likely N-dealkylation sites (tertiary alicyclic amines) is 1. The Morgan fingerprint density at radius 1 is 1.02 bits per heavy atom. The van der Waals surface area contributed by atoms with Crippen LogP contribution in [0, 0.1) is 12.3 Å². The number of hydrogen-bond acceptors (Lipinski definition) is 11. The predicted molar refractivity (Wildman–Crippen MR) is 197 cm³/mol. The van der Waals surface area contributed by atoms with Crippen LogP contribution in [-0.4, -0.2) is 124 Å². The van der Waals surface area contributed by atoms with Gasteiger partial charge in [0.1, 0.15) is 24.5 Å². The normalized spacial score (nSPS) is 19.3. The Balaban J connectivity index is 1.09. The van der Waals surface area contributed by atoms with Crippen LogP contribution in [0.25, 0.3) is 10.4 Å². The SMILES string of the molecule is Cc1ncsc1-c1ccc([C@H](C)NC(=O)[C@@H]2C[C@@H](O)CN2C(=O)[C@@H](NC(=O)COCCN2CCN(c3ccc(C(=O)O)cn3)CC2)C(C)(C)C)cc1. The van der Waals surface area contributed by atoms with Crippen LogP contribution in [0.3, 0.4) is 0 Å². The summed E-state index contributed by atoms with van der Waals surface area (Å²) in [7, 11) is 0. The maximum absolute atomic E-state index is 14.0. The number of piperazine rings is 1. The largest absolute Gasteiger partial charge is 0.478 e. The minimum atomic E-state index is -1.01. The Kier molecular flexibility index (Phi) is 12.6. The fraction of sp³-hybridized carbons (Fsp3) is 0.514. The summed E-state index contributed by atoms with van der Waals surface area (Å²) in [4.78, 5) is 67.0. The number of carbonyl (C=O) groups is 4. The zero-order valence-electron chi connectivity index (χ0n) is 30.4. The standard InChI is InChI=1S/C37H49N7O7S/c1-23(25-6-8-26(9-7-25)32-24(2)39-22-52-32)40-34(47)29-18-28(45)20-44(29)35(48)33(37(3,4)5)41-31(46)21-51-17-16-42-12-14-43(15-13-42)30-11-10-27(19-38-30)36(49)50/h6-11,19,22-23,28-29,33,45H,12-18,20-21H2,1-5H3,(H,40,47)(H,41,46)(H,49,50)/t23-,28+,29-,33+/m0/s1. The summed E-state index contributed by atoms with van der Waals surface area (Å²) in [6.45, 7) is 13.0. The number of carboxylic acids is 1. The molecule has 14 nitrogen and oxygen atoms in total. The molecule has 1 aromatic carbocycles. The molecule has 0 saturated carbocycles. The maximum Gasteiger partial charge on any atom is 0.337 e. The van der Waals surface area contributed by atoms with E-state index >= 15 is 0 Å². The van der Waals surface area contributed by atoms with Crippen LogP contribution in [0.1, 0.15) is 61.8 Å². The third kappa shape index (κ3) is 9.70. The number of nitrogens with zero attached hydrogens (tertiary/aromatic N) is 5. The molecule has 2 fully saturated rings. The number of rotatable bonds is 13. The van der Waals surface area contributed by atoms with E-state index in [4.69, 9.17) is 9.84 Å². The molecule has 2 aliphatic rings. The van der Waals surface area contributed by atoms with Crippen molar-refractivity contribution in [3.8, 4) is 10.4 Å². The van der Waals surface area contributed by atoms with Crippen molar-refractivity contribution in [3.05, 3.63) is 64.9 Å². The Morgan fingerprint density at radius 2 is 1.73 bits per heavy atom. The number of aliphatic hydroxyl groups excluding tert-OH is 1. The number of anilines is 1. The highest BCUT2D eigenvalue weighted by molar-refractivity contribution is 7.13. The zero-order valence-corrected chi connectivity index (χ0v) is 31.2. The van der Waals surface area contributed by atoms with Crippen LogP contribution < -0.4 is 15.5 Å². The molecule has 0 unspecified atom stereocenters. The first kappa shape index (κ1) is 38.8. The molecule has 52 heavy (non-hydrogen) atoms. The number of carbonyl (C=O) groups excluding carboxylic acids is 3. The van der Waals surface area contributed by atoms with Crippen molar-refractivity contribution in [1.82, 2.24) is 30.4 Å². The topological polar surface area (TPSA) is 178 Å². The van der Waals surface area contributed by atoms with Gasteiger partial charge in [-0.2, -0.15) is 0 Å². The van der Waals surface area contributed by atoms with Crippen LogP contribution in [0.15, 0.2) is 48.1 Å². The summed E-state index contributed by atoms with van der Waals surface area (Å²) < 4.78 is 5.69. The number of benzene rings is 1.